The number of hydrogen-bond donors (Lipinski definition) is 0. The van der Waals surface area contributed by atoms with Crippen LogP contribution in [0.25, 0.3) is 10.9 Å². The van der Waals surface area contributed by atoms with E-state index in [-0.39, 0.29) is 0 Å². The average molecular weight is 452 g/mol. The van der Waals surface area contributed by atoms with Crippen molar-refractivity contribution in [3.63, 3.8) is 0 Å². The summed E-state index contributed by atoms with van der Waals surface area (Å²) >= 11 is 0. The number of hydrogen-bond acceptors (Lipinski definition) is 6. The maximum Gasteiger partial charge on any atom is 0.244 e. The molecule has 32 heavy (non-hydrogen) atoms. The first kappa shape index (κ1) is 21.3. The van der Waals surface area contributed by atoms with Gasteiger partial charge >= 0.3 is 0 Å². The van der Waals surface area contributed by atoms with Gasteiger partial charge in [0.1, 0.15) is 10.7 Å². The van der Waals surface area contributed by atoms with E-state index in [0.29, 0.717) is 18.0 Å². The van der Waals surface area contributed by atoms with Crippen molar-refractivity contribution >= 4 is 26.7 Å². The quantitative estimate of drug-likeness (QED) is 0.594. The summed E-state index contributed by atoms with van der Waals surface area (Å²) in [6.07, 6.45) is 6.35. The van der Waals surface area contributed by atoms with Crippen LogP contribution in [0.3, 0.4) is 0 Å². The van der Waals surface area contributed by atoms with Crippen LogP contribution in [-0.4, -0.2) is 66.9 Å². The third kappa shape index (κ3) is 4.35. The van der Waals surface area contributed by atoms with Gasteiger partial charge in [0.2, 0.25) is 10.0 Å². The molecule has 0 aliphatic carbocycles. The summed E-state index contributed by atoms with van der Waals surface area (Å²) in [6, 6.07) is 14.0. The Labute approximate surface area is 189 Å². The van der Waals surface area contributed by atoms with Gasteiger partial charge in [0.05, 0.1) is 5.52 Å². The van der Waals surface area contributed by atoms with Crippen molar-refractivity contribution in [1.82, 2.24) is 19.2 Å². The molecule has 2 aliphatic heterocycles. The zero-order chi connectivity index (χ0) is 22.0. The Balaban J connectivity index is 1.22. The molecule has 0 unspecified atom stereocenters. The fourth-order valence-electron chi connectivity index (χ4n) is 4.64. The zero-order valence-corrected chi connectivity index (χ0v) is 19.0. The van der Waals surface area contributed by atoms with Crippen molar-refractivity contribution < 1.29 is 8.42 Å². The van der Waals surface area contributed by atoms with E-state index >= 15 is 0 Å². The second-order valence-corrected chi connectivity index (χ2v) is 10.5. The van der Waals surface area contributed by atoms with Crippen molar-refractivity contribution in [1.29, 1.82) is 0 Å². The van der Waals surface area contributed by atoms with Gasteiger partial charge in [0.15, 0.2) is 0 Å². The molecule has 0 saturated carbocycles. The smallest absolute Gasteiger partial charge is 0.244 e. The maximum atomic E-state index is 12.8. The predicted molar refractivity (Wildman–Crippen MR) is 126 cm³/mol. The third-order valence-electron chi connectivity index (χ3n) is 6.48. The maximum absolute atomic E-state index is 12.8. The van der Waals surface area contributed by atoms with Gasteiger partial charge in [-0.05, 0) is 36.6 Å². The molecule has 1 aromatic carbocycles. The van der Waals surface area contributed by atoms with Crippen molar-refractivity contribution in [2.75, 3.05) is 44.2 Å². The van der Waals surface area contributed by atoms with E-state index in [0.717, 1.165) is 63.3 Å². The molecule has 0 spiro atoms. The molecule has 0 atom stereocenters. The van der Waals surface area contributed by atoms with Crippen LogP contribution in [0.5, 0.6) is 0 Å². The van der Waals surface area contributed by atoms with Crippen LogP contribution in [0.2, 0.25) is 0 Å². The van der Waals surface area contributed by atoms with Gasteiger partial charge in [0.25, 0.3) is 0 Å². The number of rotatable bonds is 5. The molecule has 0 N–H and O–H groups in total. The number of sulfonamides is 1. The Kier molecular flexibility index (Phi) is 6.08. The number of benzene rings is 1. The fraction of sp³-hybridized carbons (Fsp3) is 0.417. The highest BCUT2D eigenvalue weighted by atomic mass is 32.2. The minimum atomic E-state index is -3.43. The van der Waals surface area contributed by atoms with Gasteiger partial charge in [-0.25, -0.2) is 13.4 Å². The first-order valence-electron chi connectivity index (χ1n) is 11.4. The highest BCUT2D eigenvalue weighted by Gasteiger charge is 2.26. The number of fused-ring (bicyclic) bond motifs is 1. The molecule has 0 radical (unpaired) electrons. The second-order valence-electron chi connectivity index (χ2n) is 8.57. The number of pyridine rings is 2. The first-order valence-corrected chi connectivity index (χ1v) is 12.8. The van der Waals surface area contributed by atoms with Gasteiger partial charge < -0.3 is 4.90 Å². The summed E-state index contributed by atoms with van der Waals surface area (Å²) in [7, 11) is -3.43. The number of para-hydroxylation sites is 1. The lowest BCUT2D eigenvalue weighted by Gasteiger charge is -2.35. The largest absolute Gasteiger partial charge is 0.354 e. The average Bonchev–Trinajstić information content (AvgIpc) is 2.85. The van der Waals surface area contributed by atoms with Crippen molar-refractivity contribution in [3.05, 3.63) is 60.4 Å². The molecule has 0 amide bonds. The van der Waals surface area contributed by atoms with E-state index in [2.05, 4.69) is 44.0 Å². The minimum Gasteiger partial charge on any atom is -0.354 e. The summed E-state index contributed by atoms with van der Waals surface area (Å²) in [4.78, 5) is 14.0. The van der Waals surface area contributed by atoms with Crippen LogP contribution in [0, 0.1) is 0 Å². The Morgan fingerprint density at radius 2 is 1.59 bits per heavy atom. The molecule has 0 bridgehead atoms. The molecule has 2 saturated heterocycles. The van der Waals surface area contributed by atoms with Gasteiger partial charge in [-0.15, -0.1) is 0 Å². The topological polar surface area (TPSA) is 69.6 Å². The van der Waals surface area contributed by atoms with Crippen LogP contribution >= 0.6 is 0 Å². The normalized spacial score (nSPS) is 18.8. The SMILES string of the molecule is O=S(=O)(c1ccc(N2CCN(Cc3cccc4cccnc34)CC2)nc1)N1CCCCC1. The lowest BCUT2D eigenvalue weighted by molar-refractivity contribution is 0.250. The molecular weight excluding hydrogens is 422 g/mol. The van der Waals surface area contributed by atoms with E-state index in [9.17, 15) is 8.42 Å². The molecule has 8 heteroatoms. The van der Waals surface area contributed by atoms with Crippen LogP contribution in [0.4, 0.5) is 5.82 Å². The van der Waals surface area contributed by atoms with Gasteiger partial charge in [0, 0.05) is 63.6 Å². The van der Waals surface area contributed by atoms with Crippen LogP contribution in [0.15, 0.2) is 59.8 Å². The number of nitrogens with zero attached hydrogens (tertiary/aromatic N) is 5. The number of piperidine rings is 1. The van der Waals surface area contributed by atoms with E-state index in [1.807, 2.05) is 18.3 Å². The van der Waals surface area contributed by atoms with Crippen LogP contribution in [-0.2, 0) is 16.6 Å². The first-order chi connectivity index (χ1) is 15.6. The van der Waals surface area contributed by atoms with E-state index in [4.69, 9.17) is 0 Å². The second kappa shape index (κ2) is 9.13. The van der Waals surface area contributed by atoms with E-state index < -0.39 is 10.0 Å². The number of piperazine rings is 1. The molecule has 2 aromatic heterocycles. The number of aromatic nitrogens is 2. The molecule has 2 aliphatic rings. The molecule has 168 valence electrons. The highest BCUT2D eigenvalue weighted by Crippen LogP contribution is 2.23. The Morgan fingerprint density at radius 1 is 0.812 bits per heavy atom. The van der Waals surface area contributed by atoms with Crippen LogP contribution in [0.1, 0.15) is 24.8 Å². The molecule has 7 nitrogen and oxygen atoms in total. The molecule has 4 heterocycles. The molecule has 2 fully saturated rings. The number of anilines is 1. The van der Waals surface area contributed by atoms with Crippen molar-refractivity contribution in [3.8, 4) is 0 Å². The standard InChI is InChI=1S/C24H29N5O2S/c30-32(31,29-12-2-1-3-13-29)22-9-10-23(26-18-22)28-16-14-27(15-17-28)19-21-7-4-6-20-8-5-11-25-24(20)21/h4-11,18H,1-3,12-17,19H2. The van der Waals surface area contributed by atoms with Gasteiger partial charge in [-0.2, -0.15) is 4.31 Å². The fourth-order valence-corrected chi connectivity index (χ4v) is 6.10. The van der Waals surface area contributed by atoms with Gasteiger partial charge in [-0.3, -0.25) is 9.88 Å². The van der Waals surface area contributed by atoms with Crippen LogP contribution < -0.4 is 4.90 Å². The Bertz CT molecular complexity index is 1160. The van der Waals surface area contributed by atoms with E-state index in [1.165, 1.54) is 17.1 Å². The third-order valence-corrected chi connectivity index (χ3v) is 8.36. The van der Waals surface area contributed by atoms with Crippen molar-refractivity contribution in [2.24, 2.45) is 0 Å². The zero-order valence-electron chi connectivity index (χ0n) is 18.2. The van der Waals surface area contributed by atoms with Crippen molar-refractivity contribution in [2.45, 2.75) is 30.7 Å². The highest BCUT2D eigenvalue weighted by molar-refractivity contribution is 7.89. The summed E-state index contributed by atoms with van der Waals surface area (Å²) in [5.41, 5.74) is 2.33. The Morgan fingerprint density at radius 3 is 2.34 bits per heavy atom. The summed E-state index contributed by atoms with van der Waals surface area (Å²) < 4.78 is 27.3. The van der Waals surface area contributed by atoms with Gasteiger partial charge in [-0.1, -0.05) is 30.7 Å². The monoisotopic (exact) mass is 451 g/mol. The predicted octanol–water partition coefficient (Wildman–Crippen LogP) is 3.13. The minimum absolute atomic E-state index is 0.297. The molecule has 3 aromatic rings. The molecular formula is C24H29N5O2S. The molecule has 5 rings (SSSR count). The lowest BCUT2D eigenvalue weighted by atomic mass is 10.1. The Hall–Kier alpha value is -2.55. The van der Waals surface area contributed by atoms with E-state index in [1.54, 1.807) is 10.4 Å². The summed E-state index contributed by atoms with van der Waals surface area (Å²) in [5, 5.41) is 1.17. The lowest BCUT2D eigenvalue weighted by Crippen LogP contribution is -2.46. The summed E-state index contributed by atoms with van der Waals surface area (Å²) in [6.45, 7) is 5.68. The summed E-state index contributed by atoms with van der Waals surface area (Å²) in [5.74, 6) is 0.842.